The molecule has 11 heteroatoms. The molecule has 2 fully saturated rings. The van der Waals surface area contributed by atoms with Crippen molar-refractivity contribution in [2.45, 2.75) is 50.3 Å². The Balaban J connectivity index is 1.46. The number of aromatic nitrogens is 4. The Morgan fingerprint density at radius 2 is 2.03 bits per heavy atom. The minimum atomic E-state index is -0.302. The number of amidine groups is 1. The fraction of sp³-hybridized carbons (Fsp3) is 0.364. The number of hydrogen-bond donors (Lipinski definition) is 4. The molecular weight excluding hydrogens is 422 g/mol. The summed E-state index contributed by atoms with van der Waals surface area (Å²) in [5, 5.41) is 20.7. The number of rotatable bonds is 4. The van der Waals surface area contributed by atoms with Gasteiger partial charge in [-0.05, 0) is 31.7 Å². The first-order valence-electron chi connectivity index (χ1n) is 10.8. The van der Waals surface area contributed by atoms with Crippen molar-refractivity contribution in [1.29, 1.82) is 5.41 Å². The van der Waals surface area contributed by atoms with Crippen molar-refractivity contribution in [3.8, 4) is 11.1 Å². The molecule has 3 aromatic rings. The lowest BCUT2D eigenvalue weighted by atomic mass is 9.87. The van der Waals surface area contributed by atoms with E-state index in [1.165, 1.54) is 0 Å². The number of nitrogens with two attached hydrogens (primary N) is 2. The number of carbonyl (C=O) groups is 1. The Morgan fingerprint density at radius 1 is 1.27 bits per heavy atom. The Labute approximate surface area is 189 Å². The van der Waals surface area contributed by atoms with Crippen LogP contribution in [-0.2, 0) is 11.4 Å². The van der Waals surface area contributed by atoms with Crippen LogP contribution in [0.4, 0.5) is 5.82 Å². The summed E-state index contributed by atoms with van der Waals surface area (Å²) in [7, 11) is 0. The summed E-state index contributed by atoms with van der Waals surface area (Å²) in [5.41, 5.74) is 15.9. The number of nitrogens with zero attached hydrogens (tertiary/aromatic N) is 6. The van der Waals surface area contributed by atoms with Crippen LogP contribution in [0.3, 0.4) is 0 Å². The molecule has 2 bridgehead atoms. The monoisotopic (exact) mass is 447 g/mol. The quantitative estimate of drug-likeness (QED) is 0.342. The highest BCUT2D eigenvalue weighted by Crippen LogP contribution is 2.43. The molecule has 170 valence electrons. The average Bonchev–Trinajstić information content (AvgIpc) is 3.37. The summed E-state index contributed by atoms with van der Waals surface area (Å²) < 4.78 is 1.61. The van der Waals surface area contributed by atoms with Gasteiger partial charge in [0.25, 0.3) is 5.91 Å². The number of aliphatic imine (C=N–C) groups is 1. The fourth-order valence-corrected chi connectivity index (χ4v) is 5.10. The second-order valence-corrected chi connectivity index (χ2v) is 8.51. The predicted molar refractivity (Wildman–Crippen MR) is 123 cm³/mol. The normalized spacial score (nSPS) is 22.6. The number of aliphatic hydroxyl groups is 1. The topological polar surface area (TPSA) is 172 Å². The van der Waals surface area contributed by atoms with Gasteiger partial charge >= 0.3 is 0 Å². The van der Waals surface area contributed by atoms with E-state index in [9.17, 15) is 9.90 Å². The molecule has 0 spiro atoms. The first kappa shape index (κ1) is 21.0. The van der Waals surface area contributed by atoms with E-state index in [1.807, 2.05) is 17.0 Å². The maximum atomic E-state index is 12.7. The number of nitrogens with one attached hydrogen (secondary N) is 1. The molecule has 0 aliphatic carbocycles. The number of amides is 1. The van der Waals surface area contributed by atoms with E-state index < -0.39 is 0 Å². The fourth-order valence-electron chi connectivity index (χ4n) is 5.10. The van der Waals surface area contributed by atoms with Gasteiger partial charge in [0.15, 0.2) is 11.5 Å². The molecule has 33 heavy (non-hydrogen) atoms. The van der Waals surface area contributed by atoms with Crippen LogP contribution in [0.25, 0.3) is 16.8 Å². The van der Waals surface area contributed by atoms with Crippen LogP contribution in [0.15, 0.2) is 35.6 Å². The average molecular weight is 448 g/mol. The predicted octanol–water partition coefficient (Wildman–Crippen LogP) is 1.07. The van der Waals surface area contributed by atoms with Crippen LogP contribution in [0.2, 0.25) is 0 Å². The maximum absolute atomic E-state index is 12.7. The first-order valence-corrected chi connectivity index (χ1v) is 10.8. The van der Waals surface area contributed by atoms with Gasteiger partial charge in [0.2, 0.25) is 0 Å². The molecular formula is C22H25N9O2. The molecule has 6 N–H and O–H groups in total. The van der Waals surface area contributed by atoms with Crippen molar-refractivity contribution >= 4 is 29.5 Å². The van der Waals surface area contributed by atoms with Gasteiger partial charge in [-0.2, -0.15) is 9.61 Å². The van der Waals surface area contributed by atoms with Gasteiger partial charge in [-0.25, -0.2) is 9.98 Å². The summed E-state index contributed by atoms with van der Waals surface area (Å²) >= 11 is 0. The van der Waals surface area contributed by atoms with Crippen molar-refractivity contribution in [3.05, 3.63) is 42.0 Å². The SMILES string of the molecule is N=CN=C(N)C(=O)N1C2CCC1CC(c1cc(N)n3ncc(-c4ccc(CO)nc4)c3n1)C2. The molecule has 0 aromatic carbocycles. The summed E-state index contributed by atoms with van der Waals surface area (Å²) in [6, 6.07) is 5.62. The number of pyridine rings is 1. The Bertz CT molecular complexity index is 1240. The third kappa shape index (κ3) is 3.59. The maximum Gasteiger partial charge on any atom is 0.289 e. The molecule has 2 aliphatic heterocycles. The van der Waals surface area contributed by atoms with Gasteiger partial charge in [-0.15, -0.1) is 0 Å². The lowest BCUT2D eigenvalue weighted by molar-refractivity contribution is -0.128. The summed E-state index contributed by atoms with van der Waals surface area (Å²) in [6.45, 7) is -0.118. The molecule has 5 heterocycles. The lowest BCUT2D eigenvalue weighted by Crippen LogP contribution is -2.50. The summed E-state index contributed by atoms with van der Waals surface area (Å²) in [6.07, 6.45) is 7.54. The first-order chi connectivity index (χ1) is 16.0. The van der Waals surface area contributed by atoms with Crippen LogP contribution in [0.1, 0.15) is 43.0 Å². The summed E-state index contributed by atoms with van der Waals surface area (Å²) in [5.74, 6) is 0.199. The second-order valence-electron chi connectivity index (χ2n) is 8.51. The number of aliphatic hydroxyl groups excluding tert-OH is 1. The van der Waals surface area contributed by atoms with E-state index in [4.69, 9.17) is 21.9 Å². The van der Waals surface area contributed by atoms with Crippen molar-refractivity contribution in [1.82, 2.24) is 24.5 Å². The molecule has 2 aliphatic rings. The second kappa shape index (κ2) is 8.24. The van der Waals surface area contributed by atoms with Crippen molar-refractivity contribution in [2.24, 2.45) is 10.7 Å². The molecule has 3 aromatic heterocycles. The van der Waals surface area contributed by atoms with E-state index >= 15 is 0 Å². The largest absolute Gasteiger partial charge is 0.390 e. The van der Waals surface area contributed by atoms with Crippen molar-refractivity contribution in [2.75, 3.05) is 5.73 Å². The van der Waals surface area contributed by atoms with Crippen molar-refractivity contribution < 1.29 is 9.90 Å². The van der Waals surface area contributed by atoms with E-state index in [0.717, 1.165) is 48.8 Å². The number of anilines is 1. The van der Waals surface area contributed by atoms with Gasteiger partial charge in [0.1, 0.15) is 12.2 Å². The molecule has 0 radical (unpaired) electrons. The number of fused-ring (bicyclic) bond motifs is 3. The molecule has 2 unspecified atom stereocenters. The number of hydrogen-bond acceptors (Lipinski definition) is 7. The van der Waals surface area contributed by atoms with Gasteiger partial charge in [-0.1, -0.05) is 6.07 Å². The zero-order chi connectivity index (χ0) is 23.1. The Morgan fingerprint density at radius 3 is 2.67 bits per heavy atom. The molecule has 11 nitrogen and oxygen atoms in total. The molecule has 1 amide bonds. The highest BCUT2D eigenvalue weighted by Gasteiger charge is 2.44. The Kier molecular flexibility index (Phi) is 5.25. The third-order valence-electron chi connectivity index (χ3n) is 6.63. The number of nitrogen functional groups attached to an aromatic ring is 1. The zero-order valence-corrected chi connectivity index (χ0v) is 17.9. The minimum absolute atomic E-state index is 0.0552. The van der Waals surface area contributed by atoms with Gasteiger partial charge in [0, 0.05) is 47.1 Å². The molecule has 2 atom stereocenters. The van der Waals surface area contributed by atoms with Crippen LogP contribution in [-0.4, -0.2) is 59.8 Å². The third-order valence-corrected chi connectivity index (χ3v) is 6.63. The van der Waals surface area contributed by atoms with E-state index in [0.29, 0.717) is 17.2 Å². The van der Waals surface area contributed by atoms with E-state index in [2.05, 4.69) is 15.1 Å². The standard InChI is InChI=1S/C22H25N9O2/c23-11-27-20(25)22(33)30-15-3-4-16(30)6-13(5-15)18-7-19(24)31-21(29-18)17(9-28-31)12-1-2-14(10-32)26-8-12/h1-2,7-9,11,13,15-16,32H,3-6,10,24H2,(H3,23,25,27). The summed E-state index contributed by atoms with van der Waals surface area (Å²) in [4.78, 5) is 27.4. The number of carbonyl (C=O) groups excluding carboxylic acids is 1. The molecule has 0 saturated carbocycles. The van der Waals surface area contributed by atoms with Crippen LogP contribution in [0.5, 0.6) is 0 Å². The smallest absolute Gasteiger partial charge is 0.289 e. The van der Waals surface area contributed by atoms with E-state index in [-0.39, 0.29) is 36.4 Å². The highest BCUT2D eigenvalue weighted by atomic mass is 16.3. The molecule has 2 saturated heterocycles. The zero-order valence-electron chi connectivity index (χ0n) is 17.9. The Hall–Kier alpha value is -3.86. The molecule has 5 rings (SSSR count). The van der Waals surface area contributed by atoms with Gasteiger partial charge < -0.3 is 21.5 Å². The van der Waals surface area contributed by atoms with E-state index in [1.54, 1.807) is 23.0 Å². The minimum Gasteiger partial charge on any atom is -0.390 e. The van der Waals surface area contributed by atoms with Gasteiger partial charge in [-0.3, -0.25) is 15.2 Å². The number of piperidine rings is 1. The lowest BCUT2D eigenvalue weighted by Gasteiger charge is -2.38. The van der Waals surface area contributed by atoms with Crippen molar-refractivity contribution in [3.63, 3.8) is 0 Å². The van der Waals surface area contributed by atoms with Gasteiger partial charge in [0.05, 0.1) is 18.5 Å². The van der Waals surface area contributed by atoms with Crippen LogP contribution >= 0.6 is 0 Å². The van der Waals surface area contributed by atoms with Crippen LogP contribution < -0.4 is 11.5 Å². The highest BCUT2D eigenvalue weighted by molar-refractivity contribution is 6.38. The van der Waals surface area contributed by atoms with Crippen LogP contribution in [0, 0.1) is 5.41 Å².